The van der Waals surface area contributed by atoms with Gasteiger partial charge in [0.1, 0.15) is 0 Å². The molecule has 0 amide bonds. The van der Waals surface area contributed by atoms with E-state index in [0.717, 1.165) is 25.3 Å². The van der Waals surface area contributed by atoms with Crippen LogP contribution in [0.25, 0.3) is 0 Å². The minimum Gasteiger partial charge on any atom is -0.381 e. The van der Waals surface area contributed by atoms with E-state index in [9.17, 15) is 0 Å². The van der Waals surface area contributed by atoms with E-state index in [4.69, 9.17) is 15.0 Å². The number of rotatable bonds is 4. The summed E-state index contributed by atoms with van der Waals surface area (Å²) in [5, 5.41) is 3.99. The maximum atomic E-state index is 5.63. The van der Waals surface area contributed by atoms with Crippen molar-refractivity contribution in [3.05, 3.63) is 11.7 Å². The Balaban J connectivity index is 2.08. The van der Waals surface area contributed by atoms with Crippen molar-refractivity contribution >= 4 is 0 Å². The van der Waals surface area contributed by atoms with E-state index in [0.29, 0.717) is 25.0 Å². The molecular formula is C10H17N3O2. The first-order valence-corrected chi connectivity index (χ1v) is 5.46. The van der Waals surface area contributed by atoms with Crippen molar-refractivity contribution in [2.45, 2.75) is 31.6 Å². The summed E-state index contributed by atoms with van der Waals surface area (Å²) in [7, 11) is 0. The number of ether oxygens (including phenoxy) is 1. The molecular weight excluding hydrogens is 194 g/mol. The SMILES string of the molecule is CCC(CN)c1nc(C2CCOC2)no1. The largest absolute Gasteiger partial charge is 0.381 e. The lowest BCUT2D eigenvalue weighted by Gasteiger charge is -2.04. The Morgan fingerprint density at radius 2 is 2.47 bits per heavy atom. The summed E-state index contributed by atoms with van der Waals surface area (Å²) >= 11 is 0. The Kier molecular flexibility index (Phi) is 3.33. The summed E-state index contributed by atoms with van der Waals surface area (Å²) in [6.45, 7) is 4.13. The Morgan fingerprint density at radius 1 is 1.60 bits per heavy atom. The van der Waals surface area contributed by atoms with Crippen LogP contribution in [-0.4, -0.2) is 29.9 Å². The van der Waals surface area contributed by atoms with Gasteiger partial charge in [0.2, 0.25) is 5.89 Å². The van der Waals surface area contributed by atoms with Crippen LogP contribution in [0.2, 0.25) is 0 Å². The zero-order valence-corrected chi connectivity index (χ0v) is 8.98. The molecule has 1 aliphatic heterocycles. The summed E-state index contributed by atoms with van der Waals surface area (Å²) < 4.78 is 10.5. The normalized spacial score (nSPS) is 23.2. The molecule has 2 N–H and O–H groups in total. The van der Waals surface area contributed by atoms with Gasteiger partial charge in [-0.15, -0.1) is 0 Å². The van der Waals surface area contributed by atoms with Crippen molar-refractivity contribution in [2.75, 3.05) is 19.8 Å². The highest BCUT2D eigenvalue weighted by molar-refractivity contribution is 5.00. The number of hydrogen-bond donors (Lipinski definition) is 1. The molecule has 84 valence electrons. The molecule has 1 aromatic heterocycles. The first-order chi connectivity index (χ1) is 7.35. The smallest absolute Gasteiger partial charge is 0.231 e. The third-order valence-corrected chi connectivity index (χ3v) is 2.88. The van der Waals surface area contributed by atoms with E-state index in [1.54, 1.807) is 0 Å². The van der Waals surface area contributed by atoms with Gasteiger partial charge in [0, 0.05) is 19.1 Å². The topological polar surface area (TPSA) is 74.2 Å². The maximum Gasteiger partial charge on any atom is 0.231 e. The summed E-state index contributed by atoms with van der Waals surface area (Å²) in [4.78, 5) is 4.40. The van der Waals surface area contributed by atoms with Crippen LogP contribution in [0.1, 0.15) is 43.3 Å². The highest BCUT2D eigenvalue weighted by atomic mass is 16.5. The third-order valence-electron chi connectivity index (χ3n) is 2.88. The lowest BCUT2D eigenvalue weighted by molar-refractivity contribution is 0.192. The fourth-order valence-electron chi connectivity index (χ4n) is 1.76. The van der Waals surface area contributed by atoms with Crippen LogP contribution in [0.15, 0.2) is 4.52 Å². The van der Waals surface area contributed by atoms with Gasteiger partial charge in [-0.05, 0) is 12.8 Å². The van der Waals surface area contributed by atoms with Crippen molar-refractivity contribution in [2.24, 2.45) is 5.73 Å². The fraction of sp³-hybridized carbons (Fsp3) is 0.800. The standard InChI is InChI=1S/C10H17N3O2/c1-2-7(5-11)10-12-9(13-15-10)8-3-4-14-6-8/h7-8H,2-6,11H2,1H3. The van der Waals surface area contributed by atoms with E-state index in [1.807, 2.05) is 0 Å². The molecule has 0 spiro atoms. The highest BCUT2D eigenvalue weighted by Crippen LogP contribution is 2.24. The number of aromatic nitrogens is 2. The van der Waals surface area contributed by atoms with Crippen LogP contribution in [-0.2, 0) is 4.74 Å². The highest BCUT2D eigenvalue weighted by Gasteiger charge is 2.24. The average molecular weight is 211 g/mol. The van der Waals surface area contributed by atoms with Crippen molar-refractivity contribution in [3.8, 4) is 0 Å². The second-order valence-corrected chi connectivity index (χ2v) is 3.89. The molecule has 1 saturated heterocycles. The van der Waals surface area contributed by atoms with Gasteiger partial charge in [0.25, 0.3) is 0 Å². The van der Waals surface area contributed by atoms with Crippen LogP contribution in [0.4, 0.5) is 0 Å². The molecule has 1 aromatic rings. The first kappa shape index (κ1) is 10.6. The Labute approximate surface area is 89.0 Å². The van der Waals surface area contributed by atoms with Crippen LogP contribution < -0.4 is 5.73 Å². The average Bonchev–Trinajstić information content (AvgIpc) is 2.89. The monoisotopic (exact) mass is 211 g/mol. The molecule has 2 rings (SSSR count). The Hall–Kier alpha value is -0.940. The second-order valence-electron chi connectivity index (χ2n) is 3.89. The van der Waals surface area contributed by atoms with Crippen molar-refractivity contribution in [1.82, 2.24) is 10.1 Å². The molecule has 0 bridgehead atoms. The Morgan fingerprint density at radius 3 is 3.07 bits per heavy atom. The van der Waals surface area contributed by atoms with Crippen LogP contribution in [0.5, 0.6) is 0 Å². The summed E-state index contributed by atoms with van der Waals surface area (Å²) in [5.74, 6) is 1.93. The predicted octanol–water partition coefficient (Wildman–Crippen LogP) is 1.03. The van der Waals surface area contributed by atoms with E-state index >= 15 is 0 Å². The molecule has 1 aliphatic rings. The molecule has 2 heterocycles. The van der Waals surface area contributed by atoms with Gasteiger partial charge in [-0.3, -0.25) is 0 Å². The van der Waals surface area contributed by atoms with Crippen molar-refractivity contribution in [3.63, 3.8) is 0 Å². The van der Waals surface area contributed by atoms with E-state index in [1.165, 1.54) is 0 Å². The van der Waals surface area contributed by atoms with E-state index in [2.05, 4.69) is 17.1 Å². The van der Waals surface area contributed by atoms with Gasteiger partial charge in [-0.2, -0.15) is 4.98 Å². The molecule has 2 unspecified atom stereocenters. The molecule has 15 heavy (non-hydrogen) atoms. The summed E-state index contributed by atoms with van der Waals surface area (Å²) in [5.41, 5.74) is 5.63. The number of nitrogens with two attached hydrogens (primary N) is 1. The number of nitrogens with zero attached hydrogens (tertiary/aromatic N) is 2. The van der Waals surface area contributed by atoms with Gasteiger partial charge < -0.3 is 15.0 Å². The number of hydrogen-bond acceptors (Lipinski definition) is 5. The molecule has 5 heteroatoms. The third kappa shape index (κ3) is 2.18. The zero-order valence-electron chi connectivity index (χ0n) is 8.98. The lowest BCUT2D eigenvalue weighted by atomic mass is 10.1. The molecule has 1 fully saturated rings. The van der Waals surface area contributed by atoms with Gasteiger partial charge in [0.05, 0.1) is 12.5 Å². The molecule has 2 atom stereocenters. The van der Waals surface area contributed by atoms with Crippen LogP contribution in [0, 0.1) is 0 Å². The van der Waals surface area contributed by atoms with Gasteiger partial charge in [-0.1, -0.05) is 12.1 Å². The van der Waals surface area contributed by atoms with Gasteiger partial charge in [-0.25, -0.2) is 0 Å². The van der Waals surface area contributed by atoms with Gasteiger partial charge >= 0.3 is 0 Å². The van der Waals surface area contributed by atoms with Gasteiger partial charge in [0.15, 0.2) is 5.82 Å². The Bertz CT molecular complexity index is 287. The molecule has 0 radical (unpaired) electrons. The maximum absolute atomic E-state index is 5.63. The van der Waals surface area contributed by atoms with Crippen LogP contribution in [0.3, 0.4) is 0 Å². The summed E-state index contributed by atoms with van der Waals surface area (Å²) in [6, 6.07) is 0. The predicted molar refractivity (Wildman–Crippen MR) is 54.6 cm³/mol. The lowest BCUT2D eigenvalue weighted by Crippen LogP contribution is -2.12. The molecule has 0 aromatic carbocycles. The quantitative estimate of drug-likeness (QED) is 0.805. The zero-order chi connectivity index (χ0) is 10.7. The fourth-order valence-corrected chi connectivity index (χ4v) is 1.76. The second kappa shape index (κ2) is 4.72. The minimum atomic E-state index is 0.188. The molecule has 5 nitrogen and oxygen atoms in total. The molecule has 0 aliphatic carbocycles. The van der Waals surface area contributed by atoms with Crippen molar-refractivity contribution in [1.29, 1.82) is 0 Å². The minimum absolute atomic E-state index is 0.188. The summed E-state index contributed by atoms with van der Waals surface area (Å²) in [6.07, 6.45) is 1.91. The van der Waals surface area contributed by atoms with E-state index < -0.39 is 0 Å². The molecule has 0 saturated carbocycles. The van der Waals surface area contributed by atoms with Crippen molar-refractivity contribution < 1.29 is 9.26 Å². The first-order valence-electron chi connectivity index (χ1n) is 5.46. The van der Waals surface area contributed by atoms with E-state index in [-0.39, 0.29) is 5.92 Å². The van der Waals surface area contributed by atoms with Crippen LogP contribution >= 0.6 is 0 Å².